The third kappa shape index (κ3) is 2.98. The number of hydrogen-bond acceptors (Lipinski definition) is 4. The van der Waals surface area contributed by atoms with Crippen molar-refractivity contribution >= 4 is 34.5 Å². The van der Waals surface area contributed by atoms with Gasteiger partial charge in [-0.15, -0.1) is 11.3 Å². The molecule has 0 amide bonds. The molecule has 2 rings (SSSR count). The molecule has 0 radical (unpaired) electrons. The second-order valence-corrected chi connectivity index (χ2v) is 5.56. The molecule has 3 nitrogen and oxygen atoms in total. The molecule has 1 N–H and O–H groups in total. The van der Waals surface area contributed by atoms with Gasteiger partial charge < -0.3 is 14.6 Å². The predicted octanol–water partition coefficient (Wildman–Crippen LogP) is 4.15. The molecule has 1 aromatic carbocycles. The molecule has 0 aliphatic rings. The number of thiophene rings is 1. The van der Waals surface area contributed by atoms with Gasteiger partial charge in [0, 0.05) is 21.9 Å². The molecule has 0 aliphatic carbocycles. The zero-order valence-corrected chi connectivity index (χ0v) is 12.6. The summed E-state index contributed by atoms with van der Waals surface area (Å²) in [5.41, 5.74) is 0.539. The van der Waals surface area contributed by atoms with E-state index in [2.05, 4.69) is 0 Å². The van der Waals surface area contributed by atoms with Gasteiger partial charge in [0.15, 0.2) is 0 Å². The Bertz CT molecular complexity index is 583. The Kier molecular flexibility index (Phi) is 4.58. The summed E-state index contributed by atoms with van der Waals surface area (Å²) < 4.78 is 10.2. The number of hydrogen-bond donors (Lipinski definition) is 1. The third-order valence-corrected chi connectivity index (χ3v) is 4.25. The SMILES string of the molecule is COc1csc(C(O)c2cc(Cl)c(OC)cc2Cl)c1. The maximum atomic E-state index is 10.3. The second-order valence-electron chi connectivity index (χ2n) is 3.80. The van der Waals surface area contributed by atoms with Crippen LogP contribution >= 0.6 is 34.5 Å². The van der Waals surface area contributed by atoms with Crippen molar-refractivity contribution in [2.24, 2.45) is 0 Å². The fourth-order valence-corrected chi connectivity index (χ4v) is 3.01. The summed E-state index contributed by atoms with van der Waals surface area (Å²) in [6, 6.07) is 4.97. The van der Waals surface area contributed by atoms with Crippen LogP contribution in [0.5, 0.6) is 11.5 Å². The molecule has 2 aromatic rings. The minimum Gasteiger partial charge on any atom is -0.496 e. The zero-order valence-electron chi connectivity index (χ0n) is 10.3. The smallest absolute Gasteiger partial charge is 0.138 e. The molecule has 0 saturated carbocycles. The van der Waals surface area contributed by atoms with Gasteiger partial charge in [0.25, 0.3) is 0 Å². The first-order valence-electron chi connectivity index (χ1n) is 5.40. The molecule has 0 aliphatic heterocycles. The lowest BCUT2D eigenvalue weighted by Gasteiger charge is -2.13. The van der Waals surface area contributed by atoms with Crippen LogP contribution in [0.15, 0.2) is 23.6 Å². The van der Waals surface area contributed by atoms with Gasteiger partial charge in [0.05, 0.1) is 24.3 Å². The third-order valence-electron chi connectivity index (χ3n) is 2.67. The van der Waals surface area contributed by atoms with Crippen molar-refractivity contribution in [3.63, 3.8) is 0 Å². The van der Waals surface area contributed by atoms with Gasteiger partial charge in [-0.05, 0) is 12.1 Å². The van der Waals surface area contributed by atoms with Crippen LogP contribution in [-0.4, -0.2) is 19.3 Å². The summed E-state index contributed by atoms with van der Waals surface area (Å²) >= 11 is 13.6. The number of benzene rings is 1. The van der Waals surface area contributed by atoms with E-state index in [4.69, 9.17) is 32.7 Å². The van der Waals surface area contributed by atoms with Crippen molar-refractivity contribution in [2.45, 2.75) is 6.10 Å². The highest BCUT2D eigenvalue weighted by atomic mass is 35.5. The molecule has 0 spiro atoms. The van der Waals surface area contributed by atoms with Crippen LogP contribution in [-0.2, 0) is 0 Å². The highest BCUT2D eigenvalue weighted by molar-refractivity contribution is 7.10. The van der Waals surface area contributed by atoms with Crippen molar-refractivity contribution in [1.82, 2.24) is 0 Å². The normalized spacial score (nSPS) is 12.3. The van der Waals surface area contributed by atoms with Crippen LogP contribution < -0.4 is 9.47 Å². The quantitative estimate of drug-likeness (QED) is 0.920. The number of aliphatic hydroxyl groups excluding tert-OH is 1. The standard InChI is InChI=1S/C13H12Cl2O3S/c1-17-7-3-12(19-6-7)13(16)8-4-10(15)11(18-2)5-9(8)14/h3-6,13,16H,1-2H3. The Balaban J connectivity index is 2.38. The summed E-state index contributed by atoms with van der Waals surface area (Å²) in [6.07, 6.45) is -0.843. The van der Waals surface area contributed by atoms with Crippen molar-refractivity contribution in [3.8, 4) is 11.5 Å². The van der Waals surface area contributed by atoms with E-state index >= 15 is 0 Å². The lowest BCUT2D eigenvalue weighted by Crippen LogP contribution is -1.99. The average molecular weight is 319 g/mol. The van der Waals surface area contributed by atoms with Crippen LogP contribution in [0, 0.1) is 0 Å². The van der Waals surface area contributed by atoms with E-state index in [0.29, 0.717) is 27.1 Å². The lowest BCUT2D eigenvalue weighted by atomic mass is 10.1. The van der Waals surface area contributed by atoms with Crippen LogP contribution in [0.3, 0.4) is 0 Å². The fourth-order valence-electron chi connectivity index (χ4n) is 1.65. The Morgan fingerprint density at radius 3 is 2.42 bits per heavy atom. The van der Waals surface area contributed by atoms with E-state index in [9.17, 15) is 5.11 Å². The minimum absolute atomic E-state index is 0.404. The van der Waals surface area contributed by atoms with Gasteiger partial charge in [0.1, 0.15) is 17.6 Å². The summed E-state index contributed by atoms with van der Waals surface area (Å²) in [5, 5.41) is 13.0. The van der Waals surface area contributed by atoms with Crippen LogP contribution in [0.25, 0.3) is 0 Å². The topological polar surface area (TPSA) is 38.7 Å². The molecule has 0 fully saturated rings. The van der Waals surface area contributed by atoms with E-state index in [1.807, 2.05) is 5.38 Å². The number of rotatable bonds is 4. The molecule has 0 bridgehead atoms. The number of ether oxygens (including phenoxy) is 2. The molecular weight excluding hydrogens is 307 g/mol. The van der Waals surface area contributed by atoms with Gasteiger partial charge in [-0.1, -0.05) is 23.2 Å². The van der Waals surface area contributed by atoms with Crippen molar-refractivity contribution in [3.05, 3.63) is 44.1 Å². The first-order valence-corrected chi connectivity index (χ1v) is 7.03. The largest absolute Gasteiger partial charge is 0.496 e. The Labute approximate surface area is 125 Å². The summed E-state index contributed by atoms with van der Waals surface area (Å²) in [7, 11) is 3.09. The Morgan fingerprint density at radius 1 is 1.11 bits per heavy atom. The molecule has 6 heteroatoms. The maximum Gasteiger partial charge on any atom is 0.138 e. The van der Waals surface area contributed by atoms with E-state index in [1.54, 1.807) is 25.3 Å². The monoisotopic (exact) mass is 318 g/mol. The van der Waals surface area contributed by atoms with Crippen LogP contribution in [0.2, 0.25) is 10.0 Å². The van der Waals surface area contributed by atoms with Crippen molar-refractivity contribution in [1.29, 1.82) is 0 Å². The highest BCUT2D eigenvalue weighted by Gasteiger charge is 2.18. The molecule has 102 valence electrons. The predicted molar refractivity (Wildman–Crippen MR) is 77.9 cm³/mol. The van der Waals surface area contributed by atoms with Crippen molar-refractivity contribution < 1.29 is 14.6 Å². The average Bonchev–Trinajstić information content (AvgIpc) is 2.89. The van der Waals surface area contributed by atoms with Gasteiger partial charge >= 0.3 is 0 Å². The van der Waals surface area contributed by atoms with Gasteiger partial charge in [-0.2, -0.15) is 0 Å². The van der Waals surface area contributed by atoms with E-state index in [0.717, 1.165) is 4.88 Å². The Hall–Kier alpha value is -0.940. The molecule has 1 atom stereocenters. The molecule has 1 aromatic heterocycles. The molecular formula is C13H12Cl2O3S. The minimum atomic E-state index is -0.843. The molecule has 19 heavy (non-hydrogen) atoms. The number of aliphatic hydroxyl groups is 1. The number of halogens is 2. The van der Waals surface area contributed by atoms with Gasteiger partial charge in [-0.25, -0.2) is 0 Å². The van der Waals surface area contributed by atoms with Crippen molar-refractivity contribution in [2.75, 3.05) is 14.2 Å². The first kappa shape index (κ1) is 14.5. The summed E-state index contributed by atoms with van der Waals surface area (Å²) in [5.74, 6) is 1.18. The van der Waals surface area contributed by atoms with Crippen LogP contribution in [0.1, 0.15) is 16.5 Å². The molecule has 1 heterocycles. The first-order chi connectivity index (χ1) is 9.06. The molecule has 0 saturated heterocycles. The van der Waals surface area contributed by atoms with E-state index < -0.39 is 6.10 Å². The van der Waals surface area contributed by atoms with Gasteiger partial charge in [0.2, 0.25) is 0 Å². The van der Waals surface area contributed by atoms with E-state index in [1.165, 1.54) is 18.4 Å². The maximum absolute atomic E-state index is 10.3. The zero-order chi connectivity index (χ0) is 14.0. The second kappa shape index (κ2) is 6.01. The highest BCUT2D eigenvalue weighted by Crippen LogP contribution is 2.38. The lowest BCUT2D eigenvalue weighted by molar-refractivity contribution is 0.224. The van der Waals surface area contributed by atoms with E-state index in [-0.39, 0.29) is 0 Å². The molecule has 1 unspecified atom stereocenters. The fraction of sp³-hybridized carbons (Fsp3) is 0.231. The van der Waals surface area contributed by atoms with Crippen LogP contribution in [0.4, 0.5) is 0 Å². The summed E-state index contributed by atoms with van der Waals surface area (Å²) in [4.78, 5) is 0.736. The van der Waals surface area contributed by atoms with Gasteiger partial charge in [-0.3, -0.25) is 0 Å². The summed E-state index contributed by atoms with van der Waals surface area (Å²) in [6.45, 7) is 0. The Morgan fingerprint density at radius 2 is 1.84 bits per heavy atom. The number of methoxy groups -OCH3 is 2.